The maximum atomic E-state index is 9.91. The van der Waals surface area contributed by atoms with Crippen LogP contribution in [0.5, 0.6) is 0 Å². The minimum atomic E-state index is -0.534. The summed E-state index contributed by atoms with van der Waals surface area (Å²) in [5.74, 6) is 5.69. The zero-order valence-corrected chi connectivity index (χ0v) is 5.28. The smallest absolute Gasteiger partial charge is 0.275 e. The molecule has 6 nitrogen and oxygen atoms in total. The van der Waals surface area contributed by atoms with Gasteiger partial charge >= 0.3 is 0 Å². The Balaban J connectivity index is 2.62. The molecule has 1 rings (SSSR count). The maximum Gasteiger partial charge on any atom is 0.275 e. The van der Waals surface area contributed by atoms with Crippen LogP contribution >= 0.6 is 0 Å². The topological polar surface area (TPSA) is 84.4 Å². The molecule has 1 heterocycles. The molecular formula is C4H8N4O2. The average Bonchev–Trinajstić information content (AvgIpc) is 2.15. The molecular weight excluding hydrogens is 136 g/mol. The molecule has 0 aromatic heterocycles. The standard InChI is InChI=1S/C4H8N4O2/c5-7-2-1-6-4(7)3-8(9)10/h3,6H,1-2,5H2/b4-3+. The molecule has 1 aliphatic rings. The highest BCUT2D eigenvalue weighted by atomic mass is 16.6. The van der Waals surface area contributed by atoms with Gasteiger partial charge in [-0.3, -0.25) is 15.1 Å². The second-order valence-corrected chi connectivity index (χ2v) is 1.92. The number of nitrogens with two attached hydrogens (primary N) is 1. The maximum absolute atomic E-state index is 9.91. The van der Waals surface area contributed by atoms with E-state index in [-0.39, 0.29) is 0 Å². The van der Waals surface area contributed by atoms with E-state index in [9.17, 15) is 10.1 Å². The highest BCUT2D eigenvalue weighted by Crippen LogP contribution is 1.99. The summed E-state index contributed by atoms with van der Waals surface area (Å²) in [6.07, 6.45) is 0.854. The van der Waals surface area contributed by atoms with Crippen molar-refractivity contribution in [2.75, 3.05) is 13.1 Å². The van der Waals surface area contributed by atoms with Gasteiger partial charge in [0.25, 0.3) is 6.20 Å². The average molecular weight is 144 g/mol. The van der Waals surface area contributed by atoms with E-state index in [1.807, 2.05) is 0 Å². The van der Waals surface area contributed by atoms with Crippen molar-refractivity contribution in [3.05, 3.63) is 22.1 Å². The lowest BCUT2D eigenvalue weighted by Crippen LogP contribution is -2.27. The van der Waals surface area contributed by atoms with Crippen molar-refractivity contribution in [2.24, 2.45) is 5.84 Å². The van der Waals surface area contributed by atoms with Gasteiger partial charge in [-0.1, -0.05) is 0 Å². The molecule has 0 aromatic carbocycles. The van der Waals surface area contributed by atoms with E-state index in [1.54, 1.807) is 0 Å². The summed E-state index contributed by atoms with van der Waals surface area (Å²) >= 11 is 0. The highest BCUT2D eigenvalue weighted by molar-refractivity contribution is 4.97. The third-order valence-corrected chi connectivity index (χ3v) is 1.20. The predicted molar refractivity (Wildman–Crippen MR) is 34.0 cm³/mol. The van der Waals surface area contributed by atoms with Gasteiger partial charge in [-0.2, -0.15) is 0 Å². The van der Waals surface area contributed by atoms with Gasteiger partial charge < -0.3 is 5.32 Å². The molecule has 1 fully saturated rings. The fraction of sp³-hybridized carbons (Fsp3) is 0.500. The van der Waals surface area contributed by atoms with Gasteiger partial charge in [0.05, 0.1) is 11.5 Å². The Morgan fingerprint density at radius 3 is 3.00 bits per heavy atom. The van der Waals surface area contributed by atoms with Crippen LogP contribution in [0.1, 0.15) is 0 Å². The quantitative estimate of drug-likeness (QED) is 0.275. The molecule has 0 spiro atoms. The first-order chi connectivity index (χ1) is 4.70. The van der Waals surface area contributed by atoms with Gasteiger partial charge in [0, 0.05) is 6.54 Å². The van der Waals surface area contributed by atoms with Crippen LogP contribution in [0.3, 0.4) is 0 Å². The molecule has 0 bridgehead atoms. The molecule has 0 atom stereocenters. The number of nitro groups is 1. The molecule has 6 heteroatoms. The monoisotopic (exact) mass is 144 g/mol. The number of nitrogens with zero attached hydrogens (tertiary/aromatic N) is 2. The summed E-state index contributed by atoms with van der Waals surface area (Å²) in [6.45, 7) is 1.27. The molecule has 0 amide bonds. The predicted octanol–water partition coefficient (Wildman–Crippen LogP) is -1.16. The Morgan fingerprint density at radius 1 is 1.90 bits per heavy atom. The SMILES string of the molecule is NN1CCN/C1=C\[N+](=O)[O-]. The Morgan fingerprint density at radius 2 is 2.60 bits per heavy atom. The molecule has 1 saturated heterocycles. The van der Waals surface area contributed by atoms with Gasteiger partial charge in [-0.05, 0) is 0 Å². The number of hydrogen-bond donors (Lipinski definition) is 2. The van der Waals surface area contributed by atoms with Gasteiger partial charge in [-0.25, -0.2) is 5.84 Å². The van der Waals surface area contributed by atoms with E-state index in [4.69, 9.17) is 5.84 Å². The van der Waals surface area contributed by atoms with Gasteiger partial charge in [0.15, 0.2) is 5.82 Å². The largest absolute Gasteiger partial charge is 0.364 e. The normalized spacial score (nSPS) is 21.3. The van der Waals surface area contributed by atoms with Crippen molar-refractivity contribution in [2.45, 2.75) is 0 Å². The molecule has 0 saturated carbocycles. The van der Waals surface area contributed by atoms with E-state index in [0.29, 0.717) is 18.9 Å². The number of nitrogens with one attached hydrogen (secondary N) is 1. The van der Waals surface area contributed by atoms with Crippen LogP contribution < -0.4 is 11.2 Å². The third-order valence-electron chi connectivity index (χ3n) is 1.20. The van der Waals surface area contributed by atoms with Crippen LogP contribution in [0.4, 0.5) is 0 Å². The first-order valence-electron chi connectivity index (χ1n) is 2.81. The molecule has 0 aliphatic carbocycles. The molecule has 3 N–H and O–H groups in total. The summed E-state index contributed by atoms with van der Waals surface area (Å²) in [6, 6.07) is 0. The van der Waals surface area contributed by atoms with Crippen molar-refractivity contribution in [3.8, 4) is 0 Å². The van der Waals surface area contributed by atoms with Gasteiger partial charge in [0.2, 0.25) is 0 Å². The van der Waals surface area contributed by atoms with Crippen LogP contribution in [0.15, 0.2) is 12.0 Å². The van der Waals surface area contributed by atoms with E-state index in [0.717, 1.165) is 6.20 Å². The minimum absolute atomic E-state index is 0.366. The second kappa shape index (κ2) is 2.53. The van der Waals surface area contributed by atoms with Crippen LogP contribution in [0, 0.1) is 10.1 Å². The zero-order chi connectivity index (χ0) is 7.56. The highest BCUT2D eigenvalue weighted by Gasteiger charge is 2.14. The Kier molecular flexibility index (Phi) is 1.72. The molecule has 56 valence electrons. The Bertz CT molecular complexity index is 178. The minimum Gasteiger partial charge on any atom is -0.364 e. The van der Waals surface area contributed by atoms with Gasteiger partial charge in [-0.15, -0.1) is 0 Å². The summed E-state index contributed by atoms with van der Waals surface area (Å²) < 4.78 is 0. The van der Waals surface area contributed by atoms with Crippen LogP contribution in [0.2, 0.25) is 0 Å². The second-order valence-electron chi connectivity index (χ2n) is 1.92. The van der Waals surface area contributed by atoms with Crippen molar-refractivity contribution >= 4 is 0 Å². The van der Waals surface area contributed by atoms with Crippen LogP contribution in [-0.2, 0) is 0 Å². The van der Waals surface area contributed by atoms with Crippen LogP contribution in [0.25, 0.3) is 0 Å². The molecule has 0 radical (unpaired) electrons. The summed E-state index contributed by atoms with van der Waals surface area (Å²) in [5, 5.41) is 14.0. The van der Waals surface area contributed by atoms with E-state index >= 15 is 0 Å². The summed E-state index contributed by atoms with van der Waals surface area (Å²) in [7, 11) is 0. The fourth-order valence-corrected chi connectivity index (χ4v) is 0.746. The van der Waals surface area contributed by atoms with Crippen molar-refractivity contribution in [3.63, 3.8) is 0 Å². The fourth-order valence-electron chi connectivity index (χ4n) is 0.746. The van der Waals surface area contributed by atoms with E-state index in [1.165, 1.54) is 5.01 Å². The zero-order valence-electron chi connectivity index (χ0n) is 5.28. The molecule has 0 aromatic rings. The summed E-state index contributed by atoms with van der Waals surface area (Å²) in [5.41, 5.74) is 0. The number of rotatable bonds is 1. The first-order valence-corrected chi connectivity index (χ1v) is 2.81. The first kappa shape index (κ1) is 6.81. The Hall–Kier alpha value is -1.30. The lowest BCUT2D eigenvalue weighted by molar-refractivity contribution is -0.404. The number of hydrogen-bond acceptors (Lipinski definition) is 5. The van der Waals surface area contributed by atoms with E-state index < -0.39 is 4.92 Å². The van der Waals surface area contributed by atoms with Crippen molar-refractivity contribution in [1.82, 2.24) is 10.3 Å². The summed E-state index contributed by atoms with van der Waals surface area (Å²) in [4.78, 5) is 9.37. The molecule has 1 aliphatic heterocycles. The van der Waals surface area contributed by atoms with Crippen molar-refractivity contribution in [1.29, 1.82) is 0 Å². The molecule has 0 unspecified atom stereocenters. The van der Waals surface area contributed by atoms with Crippen molar-refractivity contribution < 1.29 is 4.92 Å². The lowest BCUT2D eigenvalue weighted by Gasteiger charge is -2.06. The van der Waals surface area contributed by atoms with Crippen LogP contribution in [-0.4, -0.2) is 23.0 Å². The lowest BCUT2D eigenvalue weighted by atomic mass is 10.7. The van der Waals surface area contributed by atoms with Gasteiger partial charge in [0.1, 0.15) is 0 Å². The number of hydrazine groups is 1. The third kappa shape index (κ3) is 1.35. The Labute approximate surface area is 57.4 Å². The van der Waals surface area contributed by atoms with E-state index in [2.05, 4.69) is 5.32 Å². The molecule has 10 heavy (non-hydrogen) atoms.